The maximum Gasteiger partial charge on any atom is 0.168 e. The topological polar surface area (TPSA) is 9.23 Å². The molecule has 0 aliphatic rings. The van der Waals surface area contributed by atoms with Gasteiger partial charge >= 0.3 is 0 Å². The summed E-state index contributed by atoms with van der Waals surface area (Å²) in [4.78, 5) is 0. The van der Waals surface area contributed by atoms with Gasteiger partial charge in [0.1, 0.15) is 0 Å². The minimum atomic E-state index is -0.260. The van der Waals surface area contributed by atoms with Crippen LogP contribution >= 0.6 is 0 Å². The Morgan fingerprint density at radius 2 is 2.08 bits per heavy atom. The predicted octanol–water partition coefficient (Wildman–Crippen LogP) is 3.19. The smallest absolute Gasteiger partial charge is 0.168 e. The summed E-state index contributed by atoms with van der Waals surface area (Å²) >= 11 is 0. The van der Waals surface area contributed by atoms with Crippen molar-refractivity contribution in [2.75, 3.05) is 6.61 Å². The normalized spacial score (nSPS) is 10.5. The van der Waals surface area contributed by atoms with Gasteiger partial charge in [-0.05, 0) is 18.6 Å². The molecule has 0 spiro atoms. The molecule has 0 atom stereocenters. The molecule has 0 heterocycles. The summed E-state index contributed by atoms with van der Waals surface area (Å²) in [5.41, 5.74) is 0.631. The third-order valence-corrected chi connectivity index (χ3v) is 1.80. The molecule has 1 radical (unpaired) electrons. The van der Waals surface area contributed by atoms with E-state index >= 15 is 0 Å². The number of rotatable bonds is 3. The van der Waals surface area contributed by atoms with Crippen LogP contribution in [-0.4, -0.2) is 6.61 Å². The highest BCUT2D eigenvalue weighted by Crippen LogP contribution is 2.25. The van der Waals surface area contributed by atoms with E-state index in [4.69, 9.17) is 4.74 Å². The highest BCUT2D eigenvalue weighted by Gasteiger charge is 2.11. The Balaban J connectivity index is 3.03. The fourth-order valence-corrected chi connectivity index (χ4v) is 1.16. The summed E-state index contributed by atoms with van der Waals surface area (Å²) in [6, 6.07) is 5.20. The lowest BCUT2D eigenvalue weighted by atomic mass is 10.0. The fraction of sp³-hybridized carbons (Fsp3) is 0.364. The molecule has 1 aromatic rings. The van der Waals surface area contributed by atoms with Crippen LogP contribution in [0.4, 0.5) is 4.39 Å². The van der Waals surface area contributed by atoms with Gasteiger partial charge in [0.05, 0.1) is 6.61 Å². The Hall–Kier alpha value is -1.05. The molecule has 0 unspecified atom stereocenters. The van der Waals surface area contributed by atoms with E-state index in [-0.39, 0.29) is 5.82 Å². The number of hydrogen-bond donors (Lipinski definition) is 0. The average molecular weight is 181 g/mol. The van der Waals surface area contributed by atoms with Crippen molar-refractivity contribution in [1.82, 2.24) is 0 Å². The van der Waals surface area contributed by atoms with Gasteiger partial charge in [-0.1, -0.05) is 26.0 Å². The Morgan fingerprint density at radius 3 is 2.62 bits per heavy atom. The number of halogens is 1. The molecule has 0 aromatic heterocycles. The molecule has 1 nitrogen and oxygen atoms in total. The summed E-state index contributed by atoms with van der Waals surface area (Å²) in [5, 5.41) is 0. The summed E-state index contributed by atoms with van der Waals surface area (Å²) in [6.45, 7) is 6.10. The molecule has 1 aromatic carbocycles. The second-order valence-corrected chi connectivity index (χ2v) is 3.05. The largest absolute Gasteiger partial charge is 0.491 e. The minimum Gasteiger partial charge on any atom is -0.491 e. The van der Waals surface area contributed by atoms with Crippen molar-refractivity contribution < 1.29 is 9.13 Å². The van der Waals surface area contributed by atoms with Crippen molar-refractivity contribution in [3.63, 3.8) is 0 Å². The summed E-state index contributed by atoms with van der Waals surface area (Å²) in [5.74, 6) is 1.03. The quantitative estimate of drug-likeness (QED) is 0.695. The van der Waals surface area contributed by atoms with Gasteiger partial charge < -0.3 is 4.74 Å². The molecule has 0 bridgehead atoms. The van der Waals surface area contributed by atoms with Crippen molar-refractivity contribution in [1.29, 1.82) is 0 Å². The Morgan fingerprint density at radius 1 is 1.38 bits per heavy atom. The van der Waals surface area contributed by atoms with Crippen LogP contribution in [0.15, 0.2) is 18.2 Å². The molecule has 0 N–H and O–H groups in total. The van der Waals surface area contributed by atoms with E-state index in [1.807, 2.05) is 20.8 Å². The van der Waals surface area contributed by atoms with Crippen LogP contribution in [-0.2, 0) is 0 Å². The third-order valence-electron chi connectivity index (χ3n) is 1.80. The standard InChI is InChI=1S/C11H14FO/c1-4-13-10-7-5-6-9(8(2)3)11(10)12/h5-7H,4H2,1-3H3. The first kappa shape index (κ1) is 10.0. The van der Waals surface area contributed by atoms with Crippen LogP contribution in [0.2, 0.25) is 0 Å². The van der Waals surface area contributed by atoms with Crippen LogP contribution < -0.4 is 4.74 Å². The molecule has 0 aliphatic heterocycles. The van der Waals surface area contributed by atoms with Gasteiger partial charge in [0, 0.05) is 5.92 Å². The monoisotopic (exact) mass is 181 g/mol. The molecule has 1 rings (SSSR count). The van der Waals surface area contributed by atoms with E-state index in [0.29, 0.717) is 17.9 Å². The van der Waals surface area contributed by atoms with Crippen LogP contribution in [0.1, 0.15) is 26.3 Å². The van der Waals surface area contributed by atoms with Crippen molar-refractivity contribution in [3.05, 3.63) is 35.5 Å². The maximum atomic E-state index is 13.6. The van der Waals surface area contributed by atoms with E-state index in [0.717, 1.165) is 5.92 Å². The van der Waals surface area contributed by atoms with Gasteiger partial charge in [0.15, 0.2) is 11.6 Å². The van der Waals surface area contributed by atoms with Crippen molar-refractivity contribution in [2.24, 2.45) is 0 Å². The lowest BCUT2D eigenvalue weighted by Crippen LogP contribution is -1.99. The van der Waals surface area contributed by atoms with Crippen molar-refractivity contribution in [2.45, 2.75) is 20.8 Å². The van der Waals surface area contributed by atoms with Gasteiger partial charge in [-0.25, -0.2) is 4.39 Å². The Bertz CT molecular complexity index is 281. The zero-order chi connectivity index (χ0) is 9.84. The number of ether oxygens (including phenoxy) is 1. The number of hydrogen-bond acceptors (Lipinski definition) is 1. The zero-order valence-electron chi connectivity index (χ0n) is 8.23. The van der Waals surface area contributed by atoms with Crippen LogP contribution in [0.5, 0.6) is 5.75 Å². The van der Waals surface area contributed by atoms with Crippen molar-refractivity contribution in [3.8, 4) is 5.75 Å². The van der Waals surface area contributed by atoms with Gasteiger partial charge in [-0.15, -0.1) is 0 Å². The molecule has 71 valence electrons. The molecule has 0 fully saturated rings. The van der Waals surface area contributed by atoms with E-state index in [2.05, 4.69) is 0 Å². The number of benzene rings is 1. The second-order valence-electron chi connectivity index (χ2n) is 3.05. The lowest BCUT2D eigenvalue weighted by molar-refractivity contribution is 0.320. The van der Waals surface area contributed by atoms with Crippen molar-refractivity contribution >= 4 is 0 Å². The zero-order valence-corrected chi connectivity index (χ0v) is 8.23. The van der Waals surface area contributed by atoms with E-state index in [1.54, 1.807) is 18.2 Å². The SMILES string of the molecule is CCOc1cccc([C](C)C)c1F. The molecule has 0 aliphatic carbocycles. The first-order chi connectivity index (χ1) is 6.16. The Kier molecular flexibility index (Phi) is 3.29. The third kappa shape index (κ3) is 2.20. The molecule has 13 heavy (non-hydrogen) atoms. The van der Waals surface area contributed by atoms with E-state index in [1.165, 1.54) is 0 Å². The molecular weight excluding hydrogens is 167 g/mol. The summed E-state index contributed by atoms with van der Waals surface area (Å²) in [7, 11) is 0. The minimum absolute atomic E-state index is 0.260. The van der Waals surface area contributed by atoms with Crippen LogP contribution in [0.3, 0.4) is 0 Å². The summed E-state index contributed by atoms with van der Waals surface area (Å²) in [6.07, 6.45) is 0. The average Bonchev–Trinajstić information content (AvgIpc) is 2.08. The first-order valence-corrected chi connectivity index (χ1v) is 4.38. The van der Waals surface area contributed by atoms with Gasteiger partial charge in [-0.3, -0.25) is 0 Å². The van der Waals surface area contributed by atoms with E-state index in [9.17, 15) is 4.39 Å². The molecule has 2 heteroatoms. The van der Waals surface area contributed by atoms with Crippen LogP contribution in [0.25, 0.3) is 0 Å². The second kappa shape index (κ2) is 4.26. The van der Waals surface area contributed by atoms with Crippen LogP contribution in [0, 0.1) is 11.7 Å². The molecular formula is C11H14FO. The molecule has 0 amide bonds. The van der Waals surface area contributed by atoms with E-state index < -0.39 is 0 Å². The van der Waals surface area contributed by atoms with Gasteiger partial charge in [0.25, 0.3) is 0 Å². The van der Waals surface area contributed by atoms with Gasteiger partial charge in [-0.2, -0.15) is 0 Å². The maximum absolute atomic E-state index is 13.6. The Labute approximate surface area is 78.5 Å². The first-order valence-electron chi connectivity index (χ1n) is 4.38. The molecule has 0 saturated carbocycles. The predicted molar refractivity (Wildman–Crippen MR) is 51.3 cm³/mol. The lowest BCUT2D eigenvalue weighted by Gasteiger charge is -2.10. The highest BCUT2D eigenvalue weighted by molar-refractivity contribution is 5.37. The fourth-order valence-electron chi connectivity index (χ4n) is 1.16. The highest BCUT2D eigenvalue weighted by atomic mass is 19.1. The summed E-state index contributed by atoms with van der Waals surface area (Å²) < 4.78 is 18.7. The molecule has 0 saturated heterocycles. The van der Waals surface area contributed by atoms with Gasteiger partial charge in [0.2, 0.25) is 0 Å².